The largest absolute Gasteiger partial charge is 0.352 e. The zero-order valence-corrected chi connectivity index (χ0v) is 12.9. The average Bonchev–Trinajstić information content (AvgIpc) is 2.43. The van der Waals surface area contributed by atoms with E-state index in [1.165, 1.54) is 5.56 Å². The fourth-order valence-electron chi connectivity index (χ4n) is 1.86. The van der Waals surface area contributed by atoms with Crippen LogP contribution in [0.1, 0.15) is 37.8 Å². The lowest BCUT2D eigenvalue weighted by atomic mass is 10.1. The van der Waals surface area contributed by atoms with Crippen molar-refractivity contribution in [1.29, 1.82) is 0 Å². The van der Waals surface area contributed by atoms with Gasteiger partial charge in [0, 0.05) is 25.6 Å². The number of rotatable bonds is 8. The predicted octanol–water partition coefficient (Wildman–Crippen LogP) is 1.88. The molecule has 0 atom stereocenters. The second kappa shape index (κ2) is 8.72. The molecule has 1 aromatic rings. The Kier molecular flexibility index (Phi) is 7.26. The van der Waals surface area contributed by atoms with Crippen LogP contribution in [-0.2, 0) is 17.9 Å². The Bertz CT molecular complexity index is 418. The molecule has 1 aromatic carbocycles. The molecule has 0 aliphatic rings. The summed E-state index contributed by atoms with van der Waals surface area (Å²) in [4.78, 5) is 13.8. The highest BCUT2D eigenvalue weighted by Gasteiger charge is 2.05. The maximum absolute atomic E-state index is 11.6. The van der Waals surface area contributed by atoms with E-state index in [2.05, 4.69) is 43.2 Å². The highest BCUT2D eigenvalue weighted by atomic mass is 16.1. The highest BCUT2D eigenvalue weighted by Crippen LogP contribution is 2.09. The number of hydrogen-bond acceptors (Lipinski definition) is 3. The molecule has 0 saturated carbocycles. The third-order valence-electron chi connectivity index (χ3n) is 3.40. The quantitative estimate of drug-likeness (QED) is 0.763. The van der Waals surface area contributed by atoms with E-state index in [1.807, 2.05) is 12.1 Å². The monoisotopic (exact) mass is 277 g/mol. The molecule has 0 aliphatic heterocycles. The first-order chi connectivity index (χ1) is 9.52. The molecular formula is C16H27N3O. The Morgan fingerprint density at radius 3 is 2.70 bits per heavy atom. The minimum absolute atomic E-state index is 0.0696. The van der Waals surface area contributed by atoms with Crippen LogP contribution in [0.25, 0.3) is 0 Å². The van der Waals surface area contributed by atoms with Crippen molar-refractivity contribution in [1.82, 2.24) is 10.2 Å². The smallest absolute Gasteiger partial charge is 0.220 e. The van der Waals surface area contributed by atoms with Gasteiger partial charge >= 0.3 is 0 Å². The van der Waals surface area contributed by atoms with Gasteiger partial charge < -0.3 is 11.1 Å². The van der Waals surface area contributed by atoms with Gasteiger partial charge in [-0.2, -0.15) is 0 Å². The average molecular weight is 277 g/mol. The molecule has 112 valence electrons. The van der Waals surface area contributed by atoms with Crippen molar-refractivity contribution < 1.29 is 4.79 Å². The van der Waals surface area contributed by atoms with Crippen LogP contribution in [0.15, 0.2) is 24.3 Å². The van der Waals surface area contributed by atoms with Crippen molar-refractivity contribution in [2.75, 3.05) is 13.6 Å². The van der Waals surface area contributed by atoms with E-state index in [0.29, 0.717) is 25.6 Å². The number of carbonyl (C=O) groups excluding carboxylic acids is 1. The van der Waals surface area contributed by atoms with E-state index in [4.69, 9.17) is 5.73 Å². The van der Waals surface area contributed by atoms with E-state index >= 15 is 0 Å². The van der Waals surface area contributed by atoms with Crippen molar-refractivity contribution in [3.05, 3.63) is 35.4 Å². The lowest BCUT2D eigenvalue weighted by molar-refractivity contribution is -0.121. The van der Waals surface area contributed by atoms with Crippen molar-refractivity contribution >= 4 is 5.91 Å². The van der Waals surface area contributed by atoms with Gasteiger partial charge in [-0.3, -0.25) is 9.69 Å². The third kappa shape index (κ3) is 6.17. The maximum atomic E-state index is 11.6. The van der Waals surface area contributed by atoms with Crippen LogP contribution in [0, 0.1) is 0 Å². The molecule has 20 heavy (non-hydrogen) atoms. The Labute approximate surface area is 122 Å². The molecule has 0 aliphatic carbocycles. The number of nitrogens with two attached hydrogens (primary N) is 1. The summed E-state index contributed by atoms with van der Waals surface area (Å²) in [5, 5.41) is 2.93. The van der Waals surface area contributed by atoms with Crippen LogP contribution < -0.4 is 11.1 Å². The molecule has 0 spiro atoms. The second-order valence-corrected chi connectivity index (χ2v) is 5.50. The van der Waals surface area contributed by atoms with Crippen molar-refractivity contribution in [3.8, 4) is 0 Å². The molecule has 4 nitrogen and oxygen atoms in total. The summed E-state index contributed by atoms with van der Waals surface area (Å²) in [5.74, 6) is 0.0696. The molecule has 4 heteroatoms. The van der Waals surface area contributed by atoms with E-state index in [9.17, 15) is 4.79 Å². The molecule has 3 N–H and O–H groups in total. The topological polar surface area (TPSA) is 58.4 Å². The summed E-state index contributed by atoms with van der Waals surface area (Å²) in [5.41, 5.74) is 7.80. The standard InChI is InChI=1S/C16H27N3O/c1-13(2)19(3)12-15-7-4-6-14(10-15)11-18-16(20)8-5-9-17/h4,6-7,10,13H,5,8-9,11-12,17H2,1-3H3,(H,18,20). The molecule has 0 heterocycles. The second-order valence-electron chi connectivity index (χ2n) is 5.50. The minimum Gasteiger partial charge on any atom is -0.352 e. The molecule has 0 aromatic heterocycles. The molecule has 0 fully saturated rings. The van der Waals surface area contributed by atoms with Gasteiger partial charge in [-0.1, -0.05) is 24.3 Å². The number of carbonyl (C=O) groups is 1. The number of hydrogen-bond donors (Lipinski definition) is 2. The van der Waals surface area contributed by atoms with Gasteiger partial charge in [-0.15, -0.1) is 0 Å². The highest BCUT2D eigenvalue weighted by molar-refractivity contribution is 5.75. The van der Waals surface area contributed by atoms with Gasteiger partial charge in [-0.25, -0.2) is 0 Å². The van der Waals surface area contributed by atoms with Crippen LogP contribution in [0.2, 0.25) is 0 Å². The number of benzene rings is 1. The van der Waals surface area contributed by atoms with Crippen LogP contribution in [0.4, 0.5) is 0 Å². The van der Waals surface area contributed by atoms with E-state index < -0.39 is 0 Å². The first kappa shape index (κ1) is 16.7. The van der Waals surface area contributed by atoms with Crippen molar-refractivity contribution in [3.63, 3.8) is 0 Å². The van der Waals surface area contributed by atoms with E-state index in [1.54, 1.807) is 0 Å². The molecule has 0 bridgehead atoms. The van der Waals surface area contributed by atoms with E-state index in [-0.39, 0.29) is 5.91 Å². The Morgan fingerprint density at radius 2 is 2.05 bits per heavy atom. The number of nitrogens with zero attached hydrogens (tertiary/aromatic N) is 1. The van der Waals surface area contributed by atoms with Gasteiger partial charge in [0.15, 0.2) is 0 Å². The predicted molar refractivity (Wildman–Crippen MR) is 83.2 cm³/mol. The summed E-state index contributed by atoms with van der Waals surface area (Å²) in [6, 6.07) is 8.89. The molecule has 1 rings (SSSR count). The first-order valence-corrected chi connectivity index (χ1v) is 7.27. The van der Waals surface area contributed by atoms with Gasteiger partial charge in [-0.05, 0) is 45.0 Å². The van der Waals surface area contributed by atoms with E-state index in [0.717, 1.165) is 18.5 Å². The Balaban J connectivity index is 2.49. The normalized spacial score (nSPS) is 11.1. The van der Waals surface area contributed by atoms with Crippen LogP contribution >= 0.6 is 0 Å². The molecule has 0 radical (unpaired) electrons. The lowest BCUT2D eigenvalue weighted by Crippen LogP contribution is -2.26. The Morgan fingerprint density at radius 1 is 1.35 bits per heavy atom. The van der Waals surface area contributed by atoms with Crippen LogP contribution in [0.3, 0.4) is 0 Å². The molecule has 0 saturated heterocycles. The molecule has 1 amide bonds. The first-order valence-electron chi connectivity index (χ1n) is 7.27. The van der Waals surface area contributed by atoms with Gasteiger partial charge in [0.1, 0.15) is 0 Å². The van der Waals surface area contributed by atoms with Gasteiger partial charge in [0.25, 0.3) is 0 Å². The third-order valence-corrected chi connectivity index (χ3v) is 3.40. The fraction of sp³-hybridized carbons (Fsp3) is 0.562. The van der Waals surface area contributed by atoms with Crippen molar-refractivity contribution in [2.45, 2.75) is 45.8 Å². The SMILES string of the molecule is CC(C)N(C)Cc1cccc(CNC(=O)CCCN)c1. The van der Waals surface area contributed by atoms with Gasteiger partial charge in [0.05, 0.1) is 0 Å². The molecular weight excluding hydrogens is 250 g/mol. The summed E-state index contributed by atoms with van der Waals surface area (Å²) in [7, 11) is 2.12. The molecule has 0 unspecified atom stereocenters. The summed E-state index contributed by atoms with van der Waals surface area (Å²) >= 11 is 0. The van der Waals surface area contributed by atoms with Crippen LogP contribution in [-0.4, -0.2) is 30.4 Å². The zero-order chi connectivity index (χ0) is 15.0. The van der Waals surface area contributed by atoms with Gasteiger partial charge in [0.2, 0.25) is 5.91 Å². The fourth-order valence-corrected chi connectivity index (χ4v) is 1.86. The number of nitrogens with one attached hydrogen (secondary N) is 1. The zero-order valence-electron chi connectivity index (χ0n) is 12.9. The minimum atomic E-state index is 0.0696. The van der Waals surface area contributed by atoms with Crippen molar-refractivity contribution in [2.24, 2.45) is 5.73 Å². The summed E-state index contributed by atoms with van der Waals surface area (Å²) in [6.45, 7) is 6.43. The summed E-state index contributed by atoms with van der Waals surface area (Å²) < 4.78 is 0. The number of amides is 1. The van der Waals surface area contributed by atoms with Crippen LogP contribution in [0.5, 0.6) is 0 Å². The lowest BCUT2D eigenvalue weighted by Gasteiger charge is -2.21. The Hall–Kier alpha value is -1.39. The summed E-state index contributed by atoms with van der Waals surface area (Å²) in [6.07, 6.45) is 1.25. The maximum Gasteiger partial charge on any atom is 0.220 e.